The number of halogens is 3. The van der Waals surface area contributed by atoms with Gasteiger partial charge in [0.25, 0.3) is 10.1 Å². The van der Waals surface area contributed by atoms with E-state index in [-0.39, 0.29) is 5.75 Å². The van der Waals surface area contributed by atoms with Crippen LogP contribution >= 0.6 is 11.3 Å². The van der Waals surface area contributed by atoms with Gasteiger partial charge >= 0.3 is 15.6 Å². The lowest BCUT2D eigenvalue weighted by atomic mass is 10.2. The fourth-order valence-corrected chi connectivity index (χ4v) is 2.58. The van der Waals surface area contributed by atoms with Crippen molar-refractivity contribution < 1.29 is 39.1 Å². The van der Waals surface area contributed by atoms with Crippen LogP contribution in [0.5, 0.6) is 0 Å². The number of alkyl halides is 3. The minimum absolute atomic E-state index is 0.157. The Kier molecular flexibility index (Phi) is 9.38. The molecular formula is C11H18F3NO6S3. The molecule has 0 aliphatic carbocycles. The van der Waals surface area contributed by atoms with E-state index < -0.39 is 25.7 Å². The Morgan fingerprint density at radius 2 is 1.71 bits per heavy atom. The van der Waals surface area contributed by atoms with Crippen molar-refractivity contribution in [3.63, 3.8) is 0 Å². The van der Waals surface area contributed by atoms with Gasteiger partial charge in [-0.3, -0.25) is 9.11 Å². The number of hydrogen-bond acceptors (Lipinski definition) is 6. The van der Waals surface area contributed by atoms with Gasteiger partial charge in [0.2, 0.25) is 0 Å². The van der Waals surface area contributed by atoms with Gasteiger partial charge in [0.1, 0.15) is 0 Å². The highest BCUT2D eigenvalue weighted by Gasteiger charge is 2.44. The Morgan fingerprint density at radius 3 is 2.08 bits per heavy atom. The molecule has 0 amide bonds. The monoisotopic (exact) mass is 413 g/mol. The van der Waals surface area contributed by atoms with Gasteiger partial charge in [-0.2, -0.15) is 41.3 Å². The van der Waals surface area contributed by atoms with Gasteiger partial charge in [-0.25, -0.2) is 0 Å². The Labute approximate surface area is 142 Å². The summed E-state index contributed by atoms with van der Waals surface area (Å²) in [4.78, 5) is 2.07. The highest BCUT2D eigenvalue weighted by molar-refractivity contribution is 7.86. The molecule has 1 aromatic rings. The van der Waals surface area contributed by atoms with Crippen LogP contribution in [0.15, 0.2) is 16.8 Å². The topological polar surface area (TPSA) is 112 Å². The molecule has 142 valence electrons. The SMILES string of the molecule is CN(CCCS(=O)(=O)O)CCc1ccsc1.O=S(=O)(O)C(F)(F)F. The van der Waals surface area contributed by atoms with Gasteiger partial charge in [0.05, 0.1) is 5.75 Å². The third-order valence-electron chi connectivity index (χ3n) is 2.60. The summed E-state index contributed by atoms with van der Waals surface area (Å²) in [6, 6.07) is 2.09. The molecule has 0 aliphatic rings. The summed E-state index contributed by atoms with van der Waals surface area (Å²) < 4.78 is 87.1. The number of thiophene rings is 1. The van der Waals surface area contributed by atoms with Crippen LogP contribution in [0.4, 0.5) is 13.2 Å². The molecule has 0 saturated heterocycles. The van der Waals surface area contributed by atoms with Gasteiger partial charge < -0.3 is 4.90 Å². The zero-order valence-electron chi connectivity index (χ0n) is 12.6. The Morgan fingerprint density at radius 1 is 1.17 bits per heavy atom. The summed E-state index contributed by atoms with van der Waals surface area (Å²) in [7, 11) is -7.69. The predicted molar refractivity (Wildman–Crippen MR) is 84.2 cm³/mol. The van der Waals surface area contributed by atoms with Crippen molar-refractivity contribution in [3.05, 3.63) is 22.4 Å². The molecule has 1 heterocycles. The Balaban J connectivity index is 0.000000561. The maximum absolute atomic E-state index is 10.7. The van der Waals surface area contributed by atoms with Crippen molar-refractivity contribution in [2.75, 3.05) is 25.9 Å². The summed E-state index contributed by atoms with van der Waals surface area (Å²) >= 11 is 1.68. The number of likely N-dealkylation sites (N-methyl/N-ethyl adjacent to an activating group) is 1. The summed E-state index contributed by atoms with van der Waals surface area (Å²) in [6.07, 6.45) is 1.45. The summed E-state index contributed by atoms with van der Waals surface area (Å²) in [6.45, 7) is 1.59. The third kappa shape index (κ3) is 11.8. The van der Waals surface area contributed by atoms with Crippen LogP contribution in [0.3, 0.4) is 0 Å². The largest absolute Gasteiger partial charge is 0.522 e. The van der Waals surface area contributed by atoms with Gasteiger partial charge in [0.15, 0.2) is 0 Å². The van der Waals surface area contributed by atoms with Crippen molar-refractivity contribution >= 4 is 31.6 Å². The van der Waals surface area contributed by atoms with Crippen LogP contribution in [0.1, 0.15) is 12.0 Å². The molecule has 1 rings (SSSR count). The number of rotatable bonds is 7. The second kappa shape index (κ2) is 9.68. The van der Waals surface area contributed by atoms with Crippen LogP contribution in [-0.4, -0.2) is 62.2 Å². The lowest BCUT2D eigenvalue weighted by molar-refractivity contribution is -0.0510. The van der Waals surface area contributed by atoms with Crippen molar-refractivity contribution in [1.29, 1.82) is 0 Å². The van der Waals surface area contributed by atoms with E-state index >= 15 is 0 Å². The van der Waals surface area contributed by atoms with Crippen molar-refractivity contribution in [2.45, 2.75) is 18.3 Å². The molecule has 24 heavy (non-hydrogen) atoms. The fourth-order valence-electron chi connectivity index (χ4n) is 1.38. The molecule has 13 heteroatoms. The lowest BCUT2D eigenvalue weighted by Gasteiger charge is -2.15. The zero-order valence-corrected chi connectivity index (χ0v) is 15.1. The molecular weight excluding hydrogens is 395 g/mol. The molecule has 2 N–H and O–H groups in total. The highest BCUT2D eigenvalue weighted by Crippen LogP contribution is 2.20. The van der Waals surface area contributed by atoms with E-state index in [0.717, 1.165) is 13.0 Å². The number of nitrogens with zero attached hydrogens (tertiary/aromatic N) is 1. The molecule has 0 unspecified atom stereocenters. The van der Waals surface area contributed by atoms with Crippen LogP contribution < -0.4 is 0 Å². The first-order chi connectivity index (χ1) is 10.7. The first-order valence-corrected chi connectivity index (χ1v) is 10.4. The quantitative estimate of drug-likeness (QED) is 0.519. The van der Waals surface area contributed by atoms with E-state index in [0.29, 0.717) is 13.0 Å². The van der Waals surface area contributed by atoms with Gasteiger partial charge in [-0.1, -0.05) is 0 Å². The first-order valence-electron chi connectivity index (χ1n) is 6.41. The Bertz CT molecular complexity index is 670. The minimum atomic E-state index is -5.84. The van der Waals surface area contributed by atoms with Gasteiger partial charge in [-0.15, -0.1) is 0 Å². The van der Waals surface area contributed by atoms with Gasteiger partial charge in [0, 0.05) is 6.54 Å². The summed E-state index contributed by atoms with van der Waals surface area (Å²) in [5.41, 5.74) is -4.22. The smallest absolute Gasteiger partial charge is 0.306 e. The summed E-state index contributed by atoms with van der Waals surface area (Å²) in [5, 5.41) is 4.17. The molecule has 7 nitrogen and oxygen atoms in total. The molecule has 0 radical (unpaired) electrons. The highest BCUT2D eigenvalue weighted by atomic mass is 32.2. The van der Waals surface area contributed by atoms with E-state index in [2.05, 4.69) is 16.3 Å². The lowest BCUT2D eigenvalue weighted by Crippen LogP contribution is -2.24. The second-order valence-corrected chi connectivity index (χ2v) is 8.51. The van der Waals surface area contributed by atoms with E-state index in [1.54, 1.807) is 11.3 Å². The van der Waals surface area contributed by atoms with Crippen LogP contribution in [0.25, 0.3) is 0 Å². The molecule has 0 atom stereocenters. The average Bonchev–Trinajstić information content (AvgIpc) is 2.86. The maximum Gasteiger partial charge on any atom is 0.522 e. The first kappa shape index (κ1) is 23.3. The predicted octanol–water partition coefficient (Wildman–Crippen LogP) is 1.89. The van der Waals surface area contributed by atoms with Gasteiger partial charge in [-0.05, 0) is 48.8 Å². The van der Waals surface area contributed by atoms with E-state index in [9.17, 15) is 21.6 Å². The van der Waals surface area contributed by atoms with Crippen LogP contribution in [0.2, 0.25) is 0 Å². The Hall–Kier alpha value is -0.730. The van der Waals surface area contributed by atoms with Crippen molar-refractivity contribution in [1.82, 2.24) is 4.90 Å². The van der Waals surface area contributed by atoms with E-state index in [1.807, 2.05) is 12.4 Å². The zero-order chi connectivity index (χ0) is 19.0. The molecule has 1 aromatic heterocycles. The summed E-state index contributed by atoms with van der Waals surface area (Å²) in [5.74, 6) is -0.157. The van der Waals surface area contributed by atoms with Crippen molar-refractivity contribution in [2.24, 2.45) is 0 Å². The maximum atomic E-state index is 10.7. The van der Waals surface area contributed by atoms with Crippen molar-refractivity contribution in [3.8, 4) is 0 Å². The molecule has 0 bridgehead atoms. The normalized spacial score (nSPS) is 12.8. The molecule has 0 aliphatic heterocycles. The fraction of sp³-hybridized carbons (Fsp3) is 0.636. The van der Waals surface area contributed by atoms with E-state index in [1.165, 1.54) is 5.56 Å². The third-order valence-corrected chi connectivity index (χ3v) is 4.72. The second-order valence-electron chi connectivity index (χ2n) is 4.75. The van der Waals surface area contributed by atoms with Crippen LogP contribution in [-0.2, 0) is 26.7 Å². The molecule has 0 fully saturated rings. The standard InChI is InChI=1S/C10H17NO3S2.CHF3O3S/c1-11(5-2-8-16(12,13)14)6-3-10-4-7-15-9-10;2-1(3,4)8(5,6)7/h4,7,9H,2-3,5-6,8H2,1H3,(H,12,13,14);(H,5,6,7). The minimum Gasteiger partial charge on any atom is -0.306 e. The average molecular weight is 413 g/mol. The number of hydrogen-bond donors (Lipinski definition) is 2. The van der Waals surface area contributed by atoms with E-state index in [4.69, 9.17) is 17.5 Å². The molecule has 0 aromatic carbocycles. The molecule has 0 saturated carbocycles. The molecule has 0 spiro atoms. The van der Waals surface area contributed by atoms with Crippen LogP contribution in [0, 0.1) is 0 Å².